The van der Waals surface area contributed by atoms with Gasteiger partial charge in [-0.25, -0.2) is 9.86 Å². The number of nitrogens with zero attached hydrogens (tertiary/aromatic N) is 3. The third-order valence-electron chi connectivity index (χ3n) is 5.19. The molecule has 0 bridgehead atoms. The van der Waals surface area contributed by atoms with Crippen molar-refractivity contribution in [1.29, 1.82) is 0 Å². The fourth-order valence-electron chi connectivity index (χ4n) is 3.77. The van der Waals surface area contributed by atoms with E-state index in [1.54, 1.807) is 20.8 Å². The molecule has 4 amide bonds. The van der Waals surface area contributed by atoms with Gasteiger partial charge in [0.2, 0.25) is 11.8 Å². The highest BCUT2D eigenvalue weighted by atomic mass is 16.7. The number of amides is 4. The summed E-state index contributed by atoms with van der Waals surface area (Å²) in [4.78, 5) is 57.6. The second-order valence-electron chi connectivity index (χ2n) is 9.62. The Bertz CT molecular complexity index is 721. The number of piperazine rings is 1. The lowest BCUT2D eigenvalue weighted by Gasteiger charge is -2.57. The van der Waals surface area contributed by atoms with Crippen LogP contribution in [0.4, 0.5) is 4.79 Å². The largest absolute Gasteiger partial charge is 0.444 e. The van der Waals surface area contributed by atoms with E-state index in [1.165, 1.54) is 4.90 Å². The number of hydrogen-bond acceptors (Lipinski definition) is 7. The summed E-state index contributed by atoms with van der Waals surface area (Å²) >= 11 is 0. The van der Waals surface area contributed by atoms with Gasteiger partial charge in [0.15, 0.2) is 6.10 Å². The molecule has 4 N–H and O–H groups in total. The van der Waals surface area contributed by atoms with Crippen molar-refractivity contribution >= 4 is 23.8 Å². The Kier molecular flexibility index (Phi) is 7.53. The van der Waals surface area contributed by atoms with Gasteiger partial charge in [-0.2, -0.15) is 0 Å². The van der Waals surface area contributed by atoms with Crippen LogP contribution in [0.5, 0.6) is 0 Å². The molecule has 2 heterocycles. The van der Waals surface area contributed by atoms with Crippen molar-refractivity contribution in [1.82, 2.24) is 14.9 Å². The van der Waals surface area contributed by atoms with E-state index in [0.29, 0.717) is 25.6 Å². The Morgan fingerprint density at radius 3 is 2.26 bits per heavy atom. The van der Waals surface area contributed by atoms with Crippen LogP contribution in [0.2, 0.25) is 0 Å². The first-order chi connectivity index (χ1) is 14.2. The van der Waals surface area contributed by atoms with Gasteiger partial charge in [-0.05, 0) is 33.1 Å². The van der Waals surface area contributed by atoms with E-state index in [-0.39, 0.29) is 31.8 Å². The average molecular weight is 442 g/mol. The Morgan fingerprint density at radius 2 is 1.77 bits per heavy atom. The lowest BCUT2D eigenvalue weighted by Crippen LogP contribution is -2.80. The highest BCUT2D eigenvalue weighted by Gasteiger charge is 2.60. The second kappa shape index (κ2) is 9.39. The zero-order valence-corrected chi connectivity index (χ0v) is 19.1. The molecule has 11 nitrogen and oxygen atoms in total. The number of hydroxylamine groups is 2. The zero-order chi connectivity index (χ0) is 23.6. The van der Waals surface area contributed by atoms with E-state index in [2.05, 4.69) is 18.7 Å². The quantitative estimate of drug-likeness (QED) is 0.497. The molecule has 2 fully saturated rings. The molecule has 0 aromatic carbocycles. The molecular weight excluding hydrogens is 406 g/mol. The first-order valence-corrected chi connectivity index (χ1v) is 10.5. The maximum Gasteiger partial charge on any atom is 0.410 e. The van der Waals surface area contributed by atoms with Crippen molar-refractivity contribution < 1.29 is 28.8 Å². The monoisotopic (exact) mass is 441 g/mol. The number of carbonyl (C=O) groups is 4. The number of nitrogens with two attached hydrogens (primary N) is 2. The summed E-state index contributed by atoms with van der Waals surface area (Å²) in [6.07, 6.45) is -1.72. The second-order valence-corrected chi connectivity index (χ2v) is 9.62. The van der Waals surface area contributed by atoms with Crippen LogP contribution in [0, 0.1) is 5.92 Å². The molecule has 2 atom stereocenters. The van der Waals surface area contributed by atoms with Crippen LogP contribution in [0.15, 0.2) is 0 Å². The molecule has 31 heavy (non-hydrogen) atoms. The van der Waals surface area contributed by atoms with Gasteiger partial charge in [-0.15, -0.1) is 0 Å². The van der Waals surface area contributed by atoms with Crippen molar-refractivity contribution in [2.75, 3.05) is 32.7 Å². The van der Waals surface area contributed by atoms with Crippen molar-refractivity contribution in [2.24, 2.45) is 17.4 Å². The molecule has 0 aromatic heterocycles. The normalized spacial score (nSPS) is 23.1. The number of β-lactam (4-membered cyclic amide) rings is 1. The molecule has 2 aliphatic rings. The van der Waals surface area contributed by atoms with E-state index < -0.39 is 35.2 Å². The SMILES string of the molecule is CC(C)CN1CCN(C(=O)OC(C)(C)C)CC12CN(OC(CCC(N)=O)C(N)=O)C2=O. The van der Waals surface area contributed by atoms with Crippen LogP contribution < -0.4 is 11.5 Å². The minimum absolute atomic E-state index is 0.0127. The minimum atomic E-state index is -1.14. The standard InChI is InChI=1S/C20H35N5O6/c1-13(2)10-24-9-8-23(18(29)30-19(3,4)5)11-20(24)12-25(17(20)28)31-14(16(22)27)6-7-15(21)26/h13-14H,6-12H2,1-5H3,(H2,21,26)(H2,22,27). The summed E-state index contributed by atoms with van der Waals surface area (Å²) in [5, 5.41) is 1.09. The molecule has 2 saturated heterocycles. The minimum Gasteiger partial charge on any atom is -0.444 e. The molecule has 0 aliphatic carbocycles. The highest BCUT2D eigenvalue weighted by molar-refractivity contribution is 5.93. The number of primary amides is 2. The maximum absolute atomic E-state index is 13.2. The molecule has 0 saturated carbocycles. The van der Waals surface area contributed by atoms with Gasteiger partial charge in [0.05, 0.1) is 13.1 Å². The van der Waals surface area contributed by atoms with E-state index in [1.807, 2.05) is 0 Å². The Labute approximate surface area is 182 Å². The first-order valence-electron chi connectivity index (χ1n) is 10.5. The number of carbonyl (C=O) groups excluding carboxylic acids is 4. The van der Waals surface area contributed by atoms with Crippen LogP contribution in [0.25, 0.3) is 0 Å². The van der Waals surface area contributed by atoms with Crippen LogP contribution in [0.3, 0.4) is 0 Å². The number of ether oxygens (including phenoxy) is 1. The summed E-state index contributed by atoms with van der Waals surface area (Å²) < 4.78 is 5.48. The lowest BCUT2D eigenvalue weighted by atomic mass is 9.85. The summed E-state index contributed by atoms with van der Waals surface area (Å²) in [7, 11) is 0. The molecule has 1 spiro atoms. The van der Waals surface area contributed by atoms with E-state index in [0.717, 1.165) is 5.06 Å². The predicted molar refractivity (Wildman–Crippen MR) is 111 cm³/mol. The highest BCUT2D eigenvalue weighted by Crippen LogP contribution is 2.35. The van der Waals surface area contributed by atoms with Gasteiger partial charge in [0.1, 0.15) is 11.1 Å². The molecule has 2 unspecified atom stereocenters. The van der Waals surface area contributed by atoms with Crippen LogP contribution in [-0.2, 0) is 24.0 Å². The van der Waals surface area contributed by atoms with Crippen molar-refractivity contribution in [3.8, 4) is 0 Å². The average Bonchev–Trinajstić information content (AvgIpc) is 2.62. The Morgan fingerprint density at radius 1 is 1.13 bits per heavy atom. The Hall–Kier alpha value is -2.40. The topological polar surface area (TPSA) is 148 Å². The van der Waals surface area contributed by atoms with Crippen LogP contribution in [-0.4, -0.2) is 88.6 Å². The number of hydrogen-bond donors (Lipinski definition) is 2. The molecule has 2 aliphatic heterocycles. The molecule has 11 heteroatoms. The predicted octanol–water partition coefficient (Wildman–Crippen LogP) is -0.173. The summed E-state index contributed by atoms with van der Waals surface area (Å²) in [6.45, 7) is 11.4. The molecule has 176 valence electrons. The molecule has 0 radical (unpaired) electrons. The van der Waals surface area contributed by atoms with Crippen molar-refractivity contribution in [3.63, 3.8) is 0 Å². The van der Waals surface area contributed by atoms with Gasteiger partial charge < -0.3 is 21.1 Å². The molecule has 0 aromatic rings. The van der Waals surface area contributed by atoms with E-state index in [4.69, 9.17) is 21.0 Å². The van der Waals surface area contributed by atoms with E-state index >= 15 is 0 Å². The van der Waals surface area contributed by atoms with Gasteiger partial charge in [0.25, 0.3) is 5.91 Å². The van der Waals surface area contributed by atoms with Crippen molar-refractivity contribution in [3.05, 3.63) is 0 Å². The molecular formula is C20H35N5O6. The summed E-state index contributed by atoms with van der Waals surface area (Å²) in [5.41, 5.74) is 8.87. The zero-order valence-electron chi connectivity index (χ0n) is 19.1. The van der Waals surface area contributed by atoms with Gasteiger partial charge in [-0.1, -0.05) is 13.8 Å². The lowest BCUT2D eigenvalue weighted by molar-refractivity contribution is -0.260. The van der Waals surface area contributed by atoms with Crippen molar-refractivity contribution in [2.45, 2.75) is 64.7 Å². The third-order valence-corrected chi connectivity index (χ3v) is 5.19. The fraction of sp³-hybridized carbons (Fsp3) is 0.800. The Balaban J connectivity index is 2.14. The number of rotatable bonds is 8. The molecule has 2 rings (SSSR count). The maximum atomic E-state index is 13.2. The summed E-state index contributed by atoms with van der Waals surface area (Å²) in [6, 6.07) is 0. The van der Waals surface area contributed by atoms with Crippen LogP contribution in [0.1, 0.15) is 47.5 Å². The van der Waals surface area contributed by atoms with Gasteiger partial charge in [0, 0.05) is 26.1 Å². The fourth-order valence-corrected chi connectivity index (χ4v) is 3.77. The first kappa shape index (κ1) is 24.9. The van der Waals surface area contributed by atoms with Gasteiger partial charge >= 0.3 is 6.09 Å². The van der Waals surface area contributed by atoms with Crippen LogP contribution >= 0.6 is 0 Å². The van der Waals surface area contributed by atoms with E-state index in [9.17, 15) is 19.2 Å². The van der Waals surface area contributed by atoms with Gasteiger partial charge in [-0.3, -0.25) is 24.1 Å². The third kappa shape index (κ3) is 6.07. The smallest absolute Gasteiger partial charge is 0.410 e. The summed E-state index contributed by atoms with van der Waals surface area (Å²) in [5.74, 6) is -1.42.